The number of aryl methyl sites for hydroxylation is 1. The third kappa shape index (κ3) is 4.62. The normalized spacial score (nSPS) is 16.1. The van der Waals surface area contributed by atoms with Gasteiger partial charge in [0, 0.05) is 19.5 Å². The fourth-order valence-corrected chi connectivity index (χ4v) is 4.04. The summed E-state index contributed by atoms with van der Waals surface area (Å²) in [5.41, 5.74) is 1.34. The van der Waals surface area contributed by atoms with Crippen LogP contribution < -0.4 is 11.1 Å². The Balaban J connectivity index is 1.30. The first kappa shape index (κ1) is 19.5. The number of hydrogen-bond acceptors (Lipinski definition) is 5. The highest BCUT2D eigenvalue weighted by Crippen LogP contribution is 2.24. The number of carbonyl (C=O) groups is 1. The lowest BCUT2D eigenvalue weighted by Gasteiger charge is -2.33. The van der Waals surface area contributed by atoms with E-state index >= 15 is 0 Å². The molecule has 4 rings (SSSR count). The molecule has 1 saturated heterocycles. The molecule has 7 heteroatoms. The molecule has 1 fully saturated rings. The van der Waals surface area contributed by atoms with Gasteiger partial charge in [0.25, 0.3) is 0 Å². The molecule has 1 aliphatic heterocycles. The molecule has 3 aromatic rings. The number of para-hydroxylation sites is 2. The first-order valence-electron chi connectivity index (χ1n) is 10.3. The number of nitrogens with one attached hydrogen (secondary N) is 1. The van der Waals surface area contributed by atoms with E-state index in [4.69, 9.17) is 8.83 Å². The number of carbonyl (C=O) groups excluding carboxylic acids is 1. The molecule has 0 bridgehead atoms. The smallest absolute Gasteiger partial charge is 0.419 e. The van der Waals surface area contributed by atoms with Gasteiger partial charge in [-0.2, -0.15) is 0 Å². The summed E-state index contributed by atoms with van der Waals surface area (Å²) >= 11 is 0. The fourth-order valence-electron chi connectivity index (χ4n) is 4.04. The zero-order chi connectivity index (χ0) is 20.1. The summed E-state index contributed by atoms with van der Waals surface area (Å²) in [6, 6.07) is 11.3. The summed E-state index contributed by atoms with van der Waals surface area (Å²) in [6.07, 6.45) is 6.23. The average Bonchev–Trinajstić information content (AvgIpc) is 3.37. The van der Waals surface area contributed by atoms with Crippen molar-refractivity contribution in [2.45, 2.75) is 44.7 Å². The van der Waals surface area contributed by atoms with Crippen LogP contribution in [-0.4, -0.2) is 35.0 Å². The molecular formula is C22H27N3O4. The predicted molar refractivity (Wildman–Crippen MR) is 110 cm³/mol. The van der Waals surface area contributed by atoms with E-state index in [1.807, 2.05) is 30.3 Å². The molecule has 0 saturated carbocycles. The minimum absolute atomic E-state index is 0.0144. The van der Waals surface area contributed by atoms with Crippen molar-refractivity contribution in [3.8, 4) is 0 Å². The highest BCUT2D eigenvalue weighted by atomic mass is 16.4. The molecule has 2 aromatic heterocycles. The maximum Gasteiger partial charge on any atom is 0.419 e. The van der Waals surface area contributed by atoms with Crippen LogP contribution >= 0.6 is 0 Å². The zero-order valence-electron chi connectivity index (χ0n) is 16.5. The summed E-state index contributed by atoms with van der Waals surface area (Å²) < 4.78 is 12.4. The largest absolute Gasteiger partial charge is 0.468 e. The van der Waals surface area contributed by atoms with Gasteiger partial charge in [-0.15, -0.1) is 0 Å². The van der Waals surface area contributed by atoms with Crippen LogP contribution in [0.2, 0.25) is 0 Å². The second-order valence-electron chi connectivity index (χ2n) is 7.52. The minimum atomic E-state index is -0.380. The van der Waals surface area contributed by atoms with Crippen LogP contribution in [0.1, 0.15) is 43.9 Å². The monoisotopic (exact) mass is 397 g/mol. The molecule has 1 N–H and O–H groups in total. The molecule has 154 valence electrons. The quantitative estimate of drug-likeness (QED) is 0.631. The lowest BCUT2D eigenvalue weighted by atomic mass is 10.1. The Kier molecular flexibility index (Phi) is 6.14. The molecular weight excluding hydrogens is 370 g/mol. The first-order chi connectivity index (χ1) is 14.2. The highest BCUT2D eigenvalue weighted by molar-refractivity contribution is 5.76. The zero-order valence-corrected chi connectivity index (χ0v) is 16.5. The van der Waals surface area contributed by atoms with Crippen molar-refractivity contribution in [1.82, 2.24) is 14.8 Å². The fraction of sp³-hybridized carbons (Fsp3) is 0.455. The van der Waals surface area contributed by atoms with Gasteiger partial charge in [0.1, 0.15) is 5.76 Å². The van der Waals surface area contributed by atoms with Crippen LogP contribution in [0.3, 0.4) is 0 Å². The van der Waals surface area contributed by atoms with E-state index in [0.717, 1.165) is 24.4 Å². The number of benzene rings is 1. The van der Waals surface area contributed by atoms with Gasteiger partial charge < -0.3 is 14.2 Å². The molecule has 0 radical (unpaired) electrons. The molecule has 29 heavy (non-hydrogen) atoms. The van der Waals surface area contributed by atoms with Gasteiger partial charge in [0.15, 0.2) is 5.58 Å². The second kappa shape index (κ2) is 9.13. The predicted octanol–water partition coefficient (Wildman–Crippen LogP) is 3.31. The molecule has 0 aliphatic carbocycles. The van der Waals surface area contributed by atoms with Crippen molar-refractivity contribution in [1.29, 1.82) is 0 Å². The molecule has 7 nitrogen and oxygen atoms in total. The van der Waals surface area contributed by atoms with Crippen molar-refractivity contribution in [2.24, 2.45) is 0 Å². The molecule has 1 aliphatic rings. The third-order valence-electron chi connectivity index (χ3n) is 5.55. The lowest BCUT2D eigenvalue weighted by Crippen LogP contribution is -2.40. The minimum Gasteiger partial charge on any atom is -0.468 e. The van der Waals surface area contributed by atoms with Crippen molar-refractivity contribution in [2.75, 3.05) is 19.6 Å². The molecule has 3 heterocycles. The molecule has 1 amide bonds. The van der Waals surface area contributed by atoms with Crippen LogP contribution in [0.25, 0.3) is 11.1 Å². The summed E-state index contributed by atoms with van der Waals surface area (Å²) in [4.78, 5) is 26.8. The molecule has 1 atom stereocenters. The Morgan fingerprint density at radius 3 is 2.72 bits per heavy atom. The number of hydrogen-bond donors (Lipinski definition) is 1. The summed E-state index contributed by atoms with van der Waals surface area (Å²) in [5.74, 6) is 0.498. The Bertz CT molecular complexity index is 983. The van der Waals surface area contributed by atoms with Crippen molar-refractivity contribution in [3.63, 3.8) is 0 Å². The maximum atomic E-state index is 12.4. The SMILES string of the molecule is O=C(CCCn1c(=O)oc2ccccc21)NCC(c1ccco1)N1CCCCC1. The number of likely N-dealkylation sites (tertiary alicyclic amines) is 1. The summed E-state index contributed by atoms with van der Waals surface area (Å²) in [7, 11) is 0. The first-order valence-corrected chi connectivity index (χ1v) is 10.3. The van der Waals surface area contributed by atoms with Gasteiger partial charge in [0.05, 0.1) is 17.8 Å². The van der Waals surface area contributed by atoms with Gasteiger partial charge in [-0.05, 0) is 56.6 Å². The van der Waals surface area contributed by atoms with Gasteiger partial charge in [0.2, 0.25) is 5.91 Å². The van der Waals surface area contributed by atoms with Gasteiger partial charge in [-0.1, -0.05) is 18.6 Å². The maximum absolute atomic E-state index is 12.4. The van der Waals surface area contributed by atoms with E-state index in [0.29, 0.717) is 31.5 Å². The molecule has 1 unspecified atom stereocenters. The van der Waals surface area contributed by atoms with E-state index in [2.05, 4.69) is 10.2 Å². The third-order valence-corrected chi connectivity index (χ3v) is 5.55. The van der Waals surface area contributed by atoms with Crippen LogP contribution in [0.5, 0.6) is 0 Å². The number of oxazole rings is 1. The van der Waals surface area contributed by atoms with E-state index in [1.165, 1.54) is 19.3 Å². The van der Waals surface area contributed by atoms with Gasteiger partial charge in [-0.3, -0.25) is 14.3 Å². The van der Waals surface area contributed by atoms with Crippen molar-refractivity contribution < 1.29 is 13.6 Å². The second-order valence-corrected chi connectivity index (χ2v) is 7.52. The lowest BCUT2D eigenvalue weighted by molar-refractivity contribution is -0.121. The van der Waals surface area contributed by atoms with Crippen LogP contribution in [-0.2, 0) is 11.3 Å². The number of rotatable bonds is 8. The van der Waals surface area contributed by atoms with Crippen LogP contribution in [0, 0.1) is 0 Å². The Morgan fingerprint density at radius 2 is 1.93 bits per heavy atom. The number of amides is 1. The van der Waals surface area contributed by atoms with E-state index in [9.17, 15) is 9.59 Å². The van der Waals surface area contributed by atoms with E-state index in [1.54, 1.807) is 16.9 Å². The van der Waals surface area contributed by atoms with Crippen LogP contribution in [0.4, 0.5) is 0 Å². The Morgan fingerprint density at radius 1 is 1.10 bits per heavy atom. The molecule has 1 aromatic carbocycles. The van der Waals surface area contributed by atoms with Gasteiger partial charge >= 0.3 is 5.76 Å². The average molecular weight is 397 g/mol. The van der Waals surface area contributed by atoms with Crippen molar-refractivity contribution in [3.05, 3.63) is 59.0 Å². The topological polar surface area (TPSA) is 80.6 Å². The van der Waals surface area contributed by atoms with Crippen LogP contribution in [0.15, 0.2) is 56.3 Å². The molecule has 0 spiro atoms. The number of piperidine rings is 1. The highest BCUT2D eigenvalue weighted by Gasteiger charge is 2.24. The summed E-state index contributed by atoms with van der Waals surface area (Å²) in [5, 5.41) is 3.05. The van der Waals surface area contributed by atoms with Gasteiger partial charge in [-0.25, -0.2) is 4.79 Å². The number of furan rings is 1. The van der Waals surface area contributed by atoms with E-state index < -0.39 is 0 Å². The number of fused-ring (bicyclic) bond motifs is 1. The van der Waals surface area contributed by atoms with Crippen molar-refractivity contribution >= 4 is 17.0 Å². The number of nitrogens with zero attached hydrogens (tertiary/aromatic N) is 2. The number of aromatic nitrogens is 1. The Hall–Kier alpha value is -2.80. The Labute approximate surface area is 169 Å². The summed E-state index contributed by atoms with van der Waals surface area (Å²) in [6.45, 7) is 3.04. The van der Waals surface area contributed by atoms with E-state index in [-0.39, 0.29) is 17.7 Å². The standard InChI is InChI=1S/C22H27N3O4/c26-21(11-6-14-25-17-8-2-3-9-20(17)29-22(25)27)23-16-18(19-10-7-15-28-19)24-12-4-1-5-13-24/h2-3,7-10,15,18H,1,4-6,11-14,16H2,(H,23,26).